The molecule has 2 rings (SSSR count). The summed E-state index contributed by atoms with van der Waals surface area (Å²) in [6.45, 7) is 1.98. The van der Waals surface area contributed by atoms with Crippen LogP contribution < -0.4 is 10.6 Å². The van der Waals surface area contributed by atoms with Gasteiger partial charge >= 0.3 is 0 Å². The van der Waals surface area contributed by atoms with Gasteiger partial charge in [0.1, 0.15) is 0 Å². The van der Waals surface area contributed by atoms with Crippen LogP contribution in [0.2, 0.25) is 0 Å². The fraction of sp³-hybridized carbons (Fsp3) is 0.235. The van der Waals surface area contributed by atoms with Gasteiger partial charge in [0.25, 0.3) is 5.91 Å². The summed E-state index contributed by atoms with van der Waals surface area (Å²) in [4.78, 5) is 12.2. The number of benzene rings is 2. The van der Waals surface area contributed by atoms with E-state index in [0.717, 1.165) is 12.0 Å². The summed E-state index contributed by atoms with van der Waals surface area (Å²) in [5, 5.41) is 6.14. The molecule has 0 spiro atoms. The van der Waals surface area contributed by atoms with Crippen molar-refractivity contribution in [2.45, 2.75) is 19.5 Å². The number of amides is 1. The molecule has 0 bridgehead atoms. The minimum atomic E-state index is -0.0783. The highest BCUT2D eigenvalue weighted by atomic mass is 16.1. The fourth-order valence-corrected chi connectivity index (χ4v) is 2.10. The molecule has 0 aliphatic rings. The summed E-state index contributed by atoms with van der Waals surface area (Å²) in [6, 6.07) is 17.7. The van der Waals surface area contributed by atoms with Crippen molar-refractivity contribution in [1.82, 2.24) is 10.6 Å². The van der Waals surface area contributed by atoms with E-state index in [-0.39, 0.29) is 12.1 Å². The van der Waals surface area contributed by atoms with Crippen molar-refractivity contribution >= 4 is 5.91 Å². The average Bonchev–Trinajstić information content (AvgIpc) is 2.47. The Hall–Kier alpha value is -2.13. The highest BCUT2D eigenvalue weighted by Crippen LogP contribution is 2.05. The standard InChI is InChI=1S/C17H20N2O/c1-13-7-6-10-15(11-13)17(20)19-16(18-2)12-14-8-4-3-5-9-14/h3-11,16,18H,12H2,1-2H3,(H,19,20). The predicted molar refractivity (Wildman–Crippen MR) is 81.6 cm³/mol. The summed E-state index contributed by atoms with van der Waals surface area (Å²) < 4.78 is 0. The van der Waals surface area contributed by atoms with Gasteiger partial charge in [-0.15, -0.1) is 0 Å². The molecular weight excluding hydrogens is 248 g/mol. The minimum Gasteiger partial charge on any atom is -0.336 e. The van der Waals surface area contributed by atoms with E-state index in [4.69, 9.17) is 0 Å². The molecule has 3 heteroatoms. The van der Waals surface area contributed by atoms with Gasteiger partial charge in [-0.05, 0) is 31.7 Å². The van der Waals surface area contributed by atoms with Crippen LogP contribution in [0, 0.1) is 6.92 Å². The molecule has 1 amide bonds. The number of rotatable bonds is 5. The van der Waals surface area contributed by atoms with Gasteiger partial charge in [0.05, 0.1) is 6.17 Å². The minimum absolute atomic E-state index is 0.0519. The lowest BCUT2D eigenvalue weighted by molar-refractivity contribution is 0.0931. The number of likely N-dealkylation sites (N-methyl/N-ethyl adjacent to an activating group) is 1. The molecule has 0 heterocycles. The molecule has 2 aromatic carbocycles. The molecule has 0 aromatic heterocycles. The zero-order chi connectivity index (χ0) is 14.4. The highest BCUT2D eigenvalue weighted by molar-refractivity contribution is 5.94. The van der Waals surface area contributed by atoms with Crippen molar-refractivity contribution in [1.29, 1.82) is 0 Å². The van der Waals surface area contributed by atoms with Gasteiger partial charge in [0.15, 0.2) is 0 Å². The molecule has 0 radical (unpaired) electrons. The van der Waals surface area contributed by atoms with Crippen molar-refractivity contribution in [2.24, 2.45) is 0 Å². The Bertz CT molecular complexity index is 566. The molecule has 0 fully saturated rings. The van der Waals surface area contributed by atoms with Crippen molar-refractivity contribution in [2.75, 3.05) is 7.05 Å². The van der Waals surface area contributed by atoms with Crippen LogP contribution in [0.15, 0.2) is 54.6 Å². The first-order chi connectivity index (χ1) is 9.69. The van der Waals surface area contributed by atoms with Gasteiger partial charge in [-0.2, -0.15) is 0 Å². The second-order valence-electron chi connectivity index (χ2n) is 4.87. The topological polar surface area (TPSA) is 41.1 Å². The summed E-state index contributed by atoms with van der Waals surface area (Å²) in [5.41, 5.74) is 2.97. The van der Waals surface area contributed by atoms with E-state index < -0.39 is 0 Å². The van der Waals surface area contributed by atoms with Gasteiger partial charge in [0.2, 0.25) is 0 Å². The van der Waals surface area contributed by atoms with Gasteiger partial charge in [0, 0.05) is 12.0 Å². The maximum Gasteiger partial charge on any atom is 0.252 e. The molecule has 20 heavy (non-hydrogen) atoms. The number of nitrogens with one attached hydrogen (secondary N) is 2. The van der Waals surface area contributed by atoms with Crippen LogP contribution in [-0.2, 0) is 6.42 Å². The maximum atomic E-state index is 12.2. The van der Waals surface area contributed by atoms with E-state index >= 15 is 0 Å². The first-order valence-corrected chi connectivity index (χ1v) is 6.78. The van der Waals surface area contributed by atoms with E-state index in [2.05, 4.69) is 22.8 Å². The molecule has 0 aliphatic heterocycles. The van der Waals surface area contributed by atoms with Crippen LogP contribution >= 0.6 is 0 Å². The molecule has 0 aliphatic carbocycles. The Labute approximate surface area is 120 Å². The average molecular weight is 268 g/mol. The summed E-state index contributed by atoms with van der Waals surface area (Å²) >= 11 is 0. The third kappa shape index (κ3) is 3.93. The van der Waals surface area contributed by atoms with E-state index in [9.17, 15) is 4.79 Å². The first kappa shape index (κ1) is 14.3. The van der Waals surface area contributed by atoms with Crippen LogP contribution in [-0.4, -0.2) is 19.1 Å². The summed E-state index contributed by atoms with van der Waals surface area (Å²) in [7, 11) is 1.85. The SMILES string of the molecule is CNC(Cc1ccccc1)NC(=O)c1cccc(C)c1. The Morgan fingerprint density at radius 1 is 1.10 bits per heavy atom. The number of hydrogen-bond donors (Lipinski definition) is 2. The van der Waals surface area contributed by atoms with Crippen LogP contribution in [0.25, 0.3) is 0 Å². The first-order valence-electron chi connectivity index (χ1n) is 6.78. The van der Waals surface area contributed by atoms with E-state index in [1.54, 1.807) is 0 Å². The normalized spacial score (nSPS) is 11.9. The lowest BCUT2D eigenvalue weighted by atomic mass is 10.1. The van der Waals surface area contributed by atoms with Crippen LogP contribution in [0.4, 0.5) is 0 Å². The Kier molecular flexibility index (Phi) is 4.91. The number of carbonyl (C=O) groups is 1. The Balaban J connectivity index is 2.01. The molecule has 1 atom stereocenters. The number of aryl methyl sites for hydroxylation is 1. The molecule has 0 saturated carbocycles. The second kappa shape index (κ2) is 6.87. The molecule has 0 saturated heterocycles. The molecule has 2 N–H and O–H groups in total. The van der Waals surface area contributed by atoms with Crippen molar-refractivity contribution in [3.05, 3.63) is 71.3 Å². The Morgan fingerprint density at radius 2 is 1.85 bits per heavy atom. The molecule has 1 unspecified atom stereocenters. The summed E-state index contributed by atoms with van der Waals surface area (Å²) in [5.74, 6) is -0.0519. The van der Waals surface area contributed by atoms with Gasteiger partial charge < -0.3 is 10.6 Å². The van der Waals surface area contributed by atoms with Crippen molar-refractivity contribution < 1.29 is 4.79 Å². The quantitative estimate of drug-likeness (QED) is 0.818. The van der Waals surface area contributed by atoms with Crippen molar-refractivity contribution in [3.63, 3.8) is 0 Å². The smallest absolute Gasteiger partial charge is 0.252 e. The number of carbonyl (C=O) groups excluding carboxylic acids is 1. The second-order valence-corrected chi connectivity index (χ2v) is 4.87. The third-order valence-corrected chi connectivity index (χ3v) is 3.22. The van der Waals surface area contributed by atoms with Crippen LogP contribution in [0.5, 0.6) is 0 Å². The lowest BCUT2D eigenvalue weighted by Crippen LogP contribution is -2.45. The molecule has 3 nitrogen and oxygen atoms in total. The largest absolute Gasteiger partial charge is 0.336 e. The van der Waals surface area contributed by atoms with E-state index in [1.165, 1.54) is 5.56 Å². The molecular formula is C17H20N2O. The zero-order valence-electron chi connectivity index (χ0n) is 11.9. The van der Waals surface area contributed by atoms with E-state index in [1.807, 2.05) is 56.4 Å². The van der Waals surface area contributed by atoms with Gasteiger partial charge in [-0.1, -0.05) is 48.0 Å². The molecule has 2 aromatic rings. The van der Waals surface area contributed by atoms with Crippen LogP contribution in [0.3, 0.4) is 0 Å². The van der Waals surface area contributed by atoms with Gasteiger partial charge in [-0.3, -0.25) is 4.79 Å². The third-order valence-electron chi connectivity index (χ3n) is 3.22. The fourth-order valence-electron chi connectivity index (χ4n) is 2.10. The monoisotopic (exact) mass is 268 g/mol. The Morgan fingerprint density at radius 3 is 2.50 bits per heavy atom. The summed E-state index contributed by atoms with van der Waals surface area (Å²) in [6.07, 6.45) is 0.681. The highest BCUT2D eigenvalue weighted by Gasteiger charge is 2.12. The van der Waals surface area contributed by atoms with Crippen LogP contribution in [0.1, 0.15) is 21.5 Å². The van der Waals surface area contributed by atoms with Crippen molar-refractivity contribution in [3.8, 4) is 0 Å². The lowest BCUT2D eigenvalue weighted by Gasteiger charge is -2.18. The van der Waals surface area contributed by atoms with Gasteiger partial charge in [-0.25, -0.2) is 0 Å². The maximum absolute atomic E-state index is 12.2. The number of hydrogen-bond acceptors (Lipinski definition) is 2. The zero-order valence-corrected chi connectivity index (χ0v) is 11.9. The predicted octanol–water partition coefficient (Wildman–Crippen LogP) is 2.51. The van der Waals surface area contributed by atoms with E-state index in [0.29, 0.717) is 5.56 Å². The molecule has 104 valence electrons.